The van der Waals surface area contributed by atoms with E-state index in [0.717, 1.165) is 41.0 Å². The number of aromatic amines is 1. The topological polar surface area (TPSA) is 57.8 Å². The first-order chi connectivity index (χ1) is 13.8. The SMILES string of the molecule is CC(C)(C)c1ccc(-c2n[nH]c(C3CC3)c2NC(=O)Cc2ccc(F)cc2)cc1. The fourth-order valence-electron chi connectivity index (χ4n) is 3.46. The van der Waals surface area contributed by atoms with Gasteiger partial charge in [-0.15, -0.1) is 0 Å². The molecule has 0 radical (unpaired) electrons. The van der Waals surface area contributed by atoms with Gasteiger partial charge < -0.3 is 5.32 Å². The first-order valence-corrected chi connectivity index (χ1v) is 10.0. The number of hydrogen-bond donors (Lipinski definition) is 2. The third kappa shape index (κ3) is 4.39. The highest BCUT2D eigenvalue weighted by molar-refractivity contribution is 5.96. The number of carbonyl (C=O) groups is 1. The monoisotopic (exact) mass is 391 g/mol. The summed E-state index contributed by atoms with van der Waals surface area (Å²) in [5, 5.41) is 10.7. The summed E-state index contributed by atoms with van der Waals surface area (Å²) >= 11 is 0. The van der Waals surface area contributed by atoms with E-state index in [0.29, 0.717) is 5.92 Å². The van der Waals surface area contributed by atoms with E-state index in [4.69, 9.17) is 0 Å². The Morgan fingerprint density at radius 2 is 1.76 bits per heavy atom. The van der Waals surface area contributed by atoms with E-state index in [-0.39, 0.29) is 23.6 Å². The number of H-pyrrole nitrogens is 1. The number of benzene rings is 2. The summed E-state index contributed by atoms with van der Waals surface area (Å²) < 4.78 is 13.1. The summed E-state index contributed by atoms with van der Waals surface area (Å²) in [5.41, 5.74) is 5.60. The predicted molar refractivity (Wildman–Crippen MR) is 113 cm³/mol. The molecule has 0 spiro atoms. The van der Waals surface area contributed by atoms with Crippen LogP contribution >= 0.6 is 0 Å². The molecular weight excluding hydrogens is 365 g/mol. The Hall–Kier alpha value is -2.95. The van der Waals surface area contributed by atoms with Crippen molar-refractivity contribution in [1.82, 2.24) is 10.2 Å². The molecule has 0 bridgehead atoms. The van der Waals surface area contributed by atoms with Crippen LogP contribution in [0.15, 0.2) is 48.5 Å². The van der Waals surface area contributed by atoms with Crippen LogP contribution in [0.1, 0.15) is 56.4 Å². The molecule has 4 rings (SSSR count). The molecule has 2 aromatic carbocycles. The number of nitrogens with one attached hydrogen (secondary N) is 2. The average Bonchev–Trinajstić information content (AvgIpc) is 3.44. The minimum absolute atomic E-state index is 0.0789. The number of amides is 1. The number of anilines is 1. The Bertz CT molecular complexity index is 1010. The summed E-state index contributed by atoms with van der Waals surface area (Å²) in [4.78, 5) is 12.7. The molecule has 1 aliphatic rings. The summed E-state index contributed by atoms with van der Waals surface area (Å²) in [6.45, 7) is 6.55. The molecule has 1 fully saturated rings. The van der Waals surface area contributed by atoms with Crippen LogP contribution in [0.5, 0.6) is 0 Å². The maximum atomic E-state index is 13.1. The molecule has 3 aromatic rings. The summed E-state index contributed by atoms with van der Waals surface area (Å²) in [6, 6.07) is 14.4. The van der Waals surface area contributed by atoms with Gasteiger partial charge in [0.2, 0.25) is 5.91 Å². The van der Waals surface area contributed by atoms with Crippen molar-refractivity contribution in [3.63, 3.8) is 0 Å². The van der Waals surface area contributed by atoms with Crippen molar-refractivity contribution >= 4 is 11.6 Å². The number of hydrogen-bond acceptors (Lipinski definition) is 2. The summed E-state index contributed by atoms with van der Waals surface area (Å²) in [6.07, 6.45) is 2.40. The van der Waals surface area contributed by atoms with Gasteiger partial charge in [-0.1, -0.05) is 57.2 Å². The zero-order valence-corrected chi connectivity index (χ0v) is 17.1. The number of rotatable bonds is 5. The third-order valence-corrected chi connectivity index (χ3v) is 5.35. The Labute approximate surface area is 170 Å². The van der Waals surface area contributed by atoms with Gasteiger partial charge in [0.25, 0.3) is 0 Å². The Morgan fingerprint density at radius 1 is 1.10 bits per heavy atom. The van der Waals surface area contributed by atoms with E-state index in [1.165, 1.54) is 17.7 Å². The van der Waals surface area contributed by atoms with Crippen molar-refractivity contribution in [2.45, 2.75) is 51.4 Å². The third-order valence-electron chi connectivity index (χ3n) is 5.35. The van der Waals surface area contributed by atoms with Crippen LogP contribution in [-0.4, -0.2) is 16.1 Å². The Morgan fingerprint density at radius 3 is 2.34 bits per heavy atom. The number of nitrogens with zero attached hydrogens (tertiary/aromatic N) is 1. The second kappa shape index (κ2) is 7.47. The Kier molecular flexibility index (Phi) is 4.99. The molecule has 1 aliphatic carbocycles. The molecule has 0 saturated heterocycles. The summed E-state index contributed by atoms with van der Waals surface area (Å²) in [7, 11) is 0. The molecule has 5 heteroatoms. The van der Waals surface area contributed by atoms with Crippen LogP contribution in [0.4, 0.5) is 10.1 Å². The van der Waals surface area contributed by atoms with Crippen LogP contribution in [-0.2, 0) is 16.6 Å². The molecule has 29 heavy (non-hydrogen) atoms. The van der Waals surface area contributed by atoms with Crippen molar-refractivity contribution in [2.24, 2.45) is 0 Å². The van der Waals surface area contributed by atoms with Crippen LogP contribution in [0.25, 0.3) is 11.3 Å². The standard InChI is InChI=1S/C24H26FN3O/c1-24(2,3)18-10-8-17(9-11-18)22-23(21(27-28-22)16-6-7-16)26-20(29)14-15-4-12-19(25)13-5-15/h4-5,8-13,16H,6-7,14H2,1-3H3,(H,26,29)(H,27,28). The van der Waals surface area contributed by atoms with Crippen LogP contribution in [0.3, 0.4) is 0 Å². The largest absolute Gasteiger partial charge is 0.322 e. The minimum atomic E-state index is -0.305. The minimum Gasteiger partial charge on any atom is -0.322 e. The molecular formula is C24H26FN3O. The molecule has 2 N–H and O–H groups in total. The zero-order chi connectivity index (χ0) is 20.6. The molecule has 0 aliphatic heterocycles. The molecule has 0 unspecified atom stereocenters. The van der Waals surface area contributed by atoms with Gasteiger partial charge in [0.1, 0.15) is 11.5 Å². The van der Waals surface area contributed by atoms with E-state index in [9.17, 15) is 9.18 Å². The van der Waals surface area contributed by atoms with Gasteiger partial charge in [0, 0.05) is 11.5 Å². The lowest BCUT2D eigenvalue weighted by atomic mass is 9.86. The van der Waals surface area contributed by atoms with Crippen LogP contribution < -0.4 is 5.32 Å². The number of carbonyl (C=O) groups excluding carboxylic acids is 1. The van der Waals surface area contributed by atoms with Gasteiger partial charge in [-0.2, -0.15) is 5.10 Å². The first-order valence-electron chi connectivity index (χ1n) is 10.0. The highest BCUT2D eigenvalue weighted by atomic mass is 19.1. The van der Waals surface area contributed by atoms with E-state index < -0.39 is 0 Å². The van der Waals surface area contributed by atoms with Gasteiger partial charge in [-0.25, -0.2) is 4.39 Å². The van der Waals surface area contributed by atoms with Gasteiger partial charge in [0.05, 0.1) is 17.8 Å². The lowest BCUT2D eigenvalue weighted by Gasteiger charge is -2.19. The fraction of sp³-hybridized carbons (Fsp3) is 0.333. The van der Waals surface area contributed by atoms with Crippen LogP contribution in [0.2, 0.25) is 0 Å². The smallest absolute Gasteiger partial charge is 0.228 e. The maximum absolute atomic E-state index is 13.1. The second-order valence-corrected chi connectivity index (χ2v) is 8.81. The number of aromatic nitrogens is 2. The van der Waals surface area contributed by atoms with E-state index in [1.807, 2.05) is 0 Å². The average molecular weight is 391 g/mol. The molecule has 150 valence electrons. The van der Waals surface area contributed by atoms with E-state index >= 15 is 0 Å². The normalized spacial score (nSPS) is 14.1. The second-order valence-electron chi connectivity index (χ2n) is 8.81. The van der Waals surface area contributed by atoms with Gasteiger partial charge in [-0.05, 0) is 41.5 Å². The molecule has 1 heterocycles. The zero-order valence-electron chi connectivity index (χ0n) is 17.1. The van der Waals surface area contributed by atoms with Crippen molar-refractivity contribution in [1.29, 1.82) is 0 Å². The molecule has 0 atom stereocenters. The molecule has 1 amide bonds. The lowest BCUT2D eigenvalue weighted by Crippen LogP contribution is -2.15. The van der Waals surface area contributed by atoms with E-state index in [2.05, 4.69) is 60.6 Å². The first kappa shape index (κ1) is 19.4. The van der Waals surface area contributed by atoms with Crippen LogP contribution in [0, 0.1) is 5.82 Å². The van der Waals surface area contributed by atoms with Gasteiger partial charge >= 0.3 is 0 Å². The van der Waals surface area contributed by atoms with Crippen molar-refractivity contribution in [3.8, 4) is 11.3 Å². The maximum Gasteiger partial charge on any atom is 0.228 e. The highest BCUT2D eigenvalue weighted by Gasteiger charge is 2.31. The van der Waals surface area contributed by atoms with E-state index in [1.54, 1.807) is 12.1 Å². The molecule has 1 aromatic heterocycles. The Balaban J connectivity index is 1.59. The van der Waals surface area contributed by atoms with Crippen molar-refractivity contribution < 1.29 is 9.18 Å². The van der Waals surface area contributed by atoms with Crippen molar-refractivity contribution in [2.75, 3.05) is 5.32 Å². The molecule has 1 saturated carbocycles. The number of halogens is 1. The highest BCUT2D eigenvalue weighted by Crippen LogP contribution is 2.45. The lowest BCUT2D eigenvalue weighted by molar-refractivity contribution is -0.115. The van der Waals surface area contributed by atoms with Gasteiger partial charge in [0.15, 0.2) is 0 Å². The quantitative estimate of drug-likeness (QED) is 0.597. The predicted octanol–water partition coefficient (Wildman–Crippen LogP) is 5.57. The van der Waals surface area contributed by atoms with Gasteiger partial charge in [-0.3, -0.25) is 9.89 Å². The molecule has 4 nitrogen and oxygen atoms in total. The van der Waals surface area contributed by atoms with Crippen molar-refractivity contribution in [3.05, 3.63) is 71.2 Å². The fourth-order valence-corrected chi connectivity index (χ4v) is 3.46. The summed E-state index contributed by atoms with van der Waals surface area (Å²) in [5.74, 6) is -0.0142.